The average molecular weight is 524 g/mol. The topological polar surface area (TPSA) is 77.9 Å². The third-order valence-electron chi connectivity index (χ3n) is 5.86. The molecule has 36 heavy (non-hydrogen) atoms. The predicted octanol–water partition coefficient (Wildman–Crippen LogP) is 5.05. The monoisotopic (exact) mass is 523 g/mol. The minimum atomic E-state index is 0.298. The van der Waals surface area contributed by atoms with Gasteiger partial charge in [-0.2, -0.15) is 4.99 Å². The maximum atomic E-state index is 6.45. The first-order valence-corrected chi connectivity index (χ1v) is 12.5. The first-order valence-electron chi connectivity index (χ1n) is 11.7. The van der Waals surface area contributed by atoms with E-state index in [2.05, 4.69) is 42.5 Å². The van der Waals surface area contributed by atoms with E-state index in [1.165, 1.54) is 0 Å². The van der Waals surface area contributed by atoms with Crippen LogP contribution < -0.4 is 20.3 Å². The lowest BCUT2D eigenvalue weighted by molar-refractivity contribution is 0.385. The van der Waals surface area contributed by atoms with Gasteiger partial charge in [-0.05, 0) is 75.0 Å². The lowest BCUT2D eigenvalue weighted by atomic mass is 10.2. The number of methoxy groups -OCH3 is 1. The second-order valence-electron chi connectivity index (χ2n) is 8.57. The number of piperazine rings is 1. The van der Waals surface area contributed by atoms with Crippen molar-refractivity contribution in [3.8, 4) is 5.75 Å². The van der Waals surface area contributed by atoms with Crippen LogP contribution in [0.25, 0.3) is 0 Å². The highest BCUT2D eigenvalue weighted by Gasteiger charge is 2.22. The molecule has 3 aromatic rings. The predicted molar refractivity (Wildman–Crippen MR) is 152 cm³/mol. The number of aliphatic imine (C=N–C) groups is 1. The molecule has 0 aliphatic carbocycles. The van der Waals surface area contributed by atoms with E-state index in [1.807, 2.05) is 57.2 Å². The molecule has 0 unspecified atom stereocenters. The molecule has 10 heteroatoms. The Morgan fingerprint density at radius 1 is 0.972 bits per heavy atom. The molecule has 0 amide bonds. The Kier molecular flexibility index (Phi) is 8.22. The molecule has 0 saturated carbocycles. The molecular weight excluding hydrogens is 494 g/mol. The molecule has 1 aliphatic heterocycles. The van der Waals surface area contributed by atoms with Crippen molar-refractivity contribution < 1.29 is 4.74 Å². The molecule has 0 bridgehead atoms. The number of nitrogens with one attached hydrogen (secondary N) is 2. The third kappa shape index (κ3) is 6.41. The van der Waals surface area contributed by atoms with Gasteiger partial charge < -0.3 is 19.9 Å². The maximum absolute atomic E-state index is 6.45. The first-order chi connectivity index (χ1) is 17.3. The molecule has 0 spiro atoms. The van der Waals surface area contributed by atoms with Gasteiger partial charge in [-0.15, -0.1) is 0 Å². The summed E-state index contributed by atoms with van der Waals surface area (Å²) < 4.78 is 5.28. The number of ether oxygens (including phenoxy) is 1. The normalized spacial score (nSPS) is 14.0. The van der Waals surface area contributed by atoms with Gasteiger partial charge in [0.05, 0.1) is 17.8 Å². The highest BCUT2D eigenvalue weighted by atomic mass is 35.5. The largest absolute Gasteiger partial charge is 0.497 e. The standard InChI is InChI=1S/C26H30ClN7OS/c1-17-6-5-7-22(23(17)27)30-26(36)32-25(31-24-28-18(2)16-19(3)29-24)34-14-12-33(13-15-34)20-8-10-21(35-4)11-9-20/h5-11,16H,12-15H2,1-4H3,(H2,28,29,30,31,32,36). The molecule has 8 nitrogen and oxygen atoms in total. The second kappa shape index (κ2) is 11.5. The summed E-state index contributed by atoms with van der Waals surface area (Å²) in [5.41, 5.74) is 4.59. The Morgan fingerprint density at radius 2 is 1.64 bits per heavy atom. The van der Waals surface area contributed by atoms with Crippen LogP contribution in [0.4, 0.5) is 17.3 Å². The van der Waals surface area contributed by atoms with E-state index in [0.29, 0.717) is 22.0 Å². The highest BCUT2D eigenvalue weighted by molar-refractivity contribution is 7.80. The smallest absolute Gasteiger partial charge is 0.229 e. The van der Waals surface area contributed by atoms with Crippen LogP contribution in [-0.2, 0) is 0 Å². The lowest BCUT2D eigenvalue weighted by Crippen LogP contribution is -2.51. The molecule has 2 N–H and O–H groups in total. The number of hydrogen-bond donors (Lipinski definition) is 2. The fourth-order valence-electron chi connectivity index (χ4n) is 4.01. The van der Waals surface area contributed by atoms with Gasteiger partial charge in [0.1, 0.15) is 5.75 Å². The van der Waals surface area contributed by atoms with Gasteiger partial charge in [-0.3, -0.25) is 5.32 Å². The van der Waals surface area contributed by atoms with Crippen LogP contribution >= 0.6 is 23.8 Å². The van der Waals surface area contributed by atoms with Gasteiger partial charge in [0.2, 0.25) is 17.0 Å². The van der Waals surface area contributed by atoms with Gasteiger partial charge in [0, 0.05) is 43.3 Å². The molecule has 1 aromatic heterocycles. The Morgan fingerprint density at radius 3 is 2.28 bits per heavy atom. The SMILES string of the molecule is COc1ccc(N2CCN(/C(=N\C(=S)Nc3cccc(C)c3Cl)Nc3nc(C)cc(C)n3)CC2)cc1. The number of benzene rings is 2. The van der Waals surface area contributed by atoms with E-state index in [9.17, 15) is 0 Å². The van der Waals surface area contributed by atoms with Gasteiger partial charge >= 0.3 is 0 Å². The number of rotatable bonds is 4. The summed E-state index contributed by atoms with van der Waals surface area (Å²) in [5, 5.41) is 7.38. The van der Waals surface area contributed by atoms with Crippen molar-refractivity contribution >= 4 is 52.2 Å². The van der Waals surface area contributed by atoms with E-state index in [-0.39, 0.29) is 0 Å². The summed E-state index contributed by atoms with van der Waals surface area (Å²) in [6.45, 7) is 8.97. The summed E-state index contributed by atoms with van der Waals surface area (Å²) in [5.74, 6) is 1.93. The van der Waals surface area contributed by atoms with Crippen molar-refractivity contribution in [1.29, 1.82) is 0 Å². The summed E-state index contributed by atoms with van der Waals surface area (Å²) >= 11 is 12.0. The highest BCUT2D eigenvalue weighted by Crippen LogP contribution is 2.25. The summed E-state index contributed by atoms with van der Waals surface area (Å²) in [7, 11) is 1.67. The number of thiocarbonyl (C=S) groups is 1. The number of halogens is 1. The zero-order chi connectivity index (χ0) is 25.7. The molecular formula is C26H30ClN7OS. The van der Waals surface area contributed by atoms with Crippen LogP contribution in [0.15, 0.2) is 53.5 Å². The minimum absolute atomic E-state index is 0.298. The van der Waals surface area contributed by atoms with Crippen molar-refractivity contribution in [1.82, 2.24) is 14.9 Å². The molecule has 1 aliphatic rings. The fraction of sp³-hybridized carbons (Fsp3) is 0.308. The van der Waals surface area contributed by atoms with E-state index < -0.39 is 0 Å². The minimum Gasteiger partial charge on any atom is -0.497 e. The molecule has 2 aromatic carbocycles. The molecule has 0 radical (unpaired) electrons. The molecule has 4 rings (SSSR count). The van der Waals surface area contributed by atoms with Crippen molar-refractivity contribution in [2.45, 2.75) is 20.8 Å². The van der Waals surface area contributed by atoms with Crippen LogP contribution in [0.1, 0.15) is 17.0 Å². The number of aryl methyl sites for hydroxylation is 3. The molecule has 1 fully saturated rings. The van der Waals surface area contributed by atoms with Gasteiger partial charge in [-0.1, -0.05) is 23.7 Å². The maximum Gasteiger partial charge on any atom is 0.229 e. The van der Waals surface area contributed by atoms with Crippen molar-refractivity contribution in [2.75, 3.05) is 48.8 Å². The molecule has 2 heterocycles. The zero-order valence-corrected chi connectivity index (χ0v) is 22.5. The van der Waals surface area contributed by atoms with Gasteiger partial charge in [-0.25, -0.2) is 9.97 Å². The van der Waals surface area contributed by atoms with E-state index in [1.54, 1.807) is 7.11 Å². The Labute approximate surface area is 222 Å². The lowest BCUT2D eigenvalue weighted by Gasteiger charge is -2.37. The number of aromatic nitrogens is 2. The number of guanidine groups is 1. The Balaban J connectivity index is 1.53. The van der Waals surface area contributed by atoms with Crippen molar-refractivity contribution in [3.63, 3.8) is 0 Å². The summed E-state index contributed by atoms with van der Waals surface area (Å²) in [6.07, 6.45) is 0. The summed E-state index contributed by atoms with van der Waals surface area (Å²) in [4.78, 5) is 18.3. The number of hydrogen-bond acceptors (Lipinski definition) is 5. The van der Waals surface area contributed by atoms with E-state index in [0.717, 1.165) is 60.3 Å². The Hall–Kier alpha value is -3.43. The van der Waals surface area contributed by atoms with Crippen LogP contribution in [0, 0.1) is 20.8 Å². The van der Waals surface area contributed by atoms with Gasteiger partial charge in [0.15, 0.2) is 0 Å². The van der Waals surface area contributed by atoms with E-state index in [4.69, 9.17) is 33.5 Å². The van der Waals surface area contributed by atoms with Crippen LogP contribution in [-0.4, -0.2) is 59.2 Å². The molecule has 188 valence electrons. The van der Waals surface area contributed by atoms with Crippen molar-refractivity contribution in [3.05, 3.63) is 70.5 Å². The van der Waals surface area contributed by atoms with E-state index >= 15 is 0 Å². The molecule has 0 atom stereocenters. The third-order valence-corrected chi connectivity index (χ3v) is 6.56. The number of nitrogens with zero attached hydrogens (tertiary/aromatic N) is 5. The summed E-state index contributed by atoms with van der Waals surface area (Å²) in [6, 6.07) is 15.8. The molecule has 1 saturated heterocycles. The van der Waals surface area contributed by atoms with Crippen LogP contribution in [0.3, 0.4) is 0 Å². The fourth-order valence-corrected chi connectivity index (χ4v) is 4.38. The average Bonchev–Trinajstić information content (AvgIpc) is 2.86. The zero-order valence-electron chi connectivity index (χ0n) is 20.9. The first kappa shape index (κ1) is 25.7. The van der Waals surface area contributed by atoms with Crippen molar-refractivity contribution in [2.24, 2.45) is 4.99 Å². The van der Waals surface area contributed by atoms with Crippen LogP contribution in [0.2, 0.25) is 5.02 Å². The van der Waals surface area contributed by atoms with Gasteiger partial charge in [0.25, 0.3) is 0 Å². The second-order valence-corrected chi connectivity index (χ2v) is 9.34. The van der Waals surface area contributed by atoms with Crippen LogP contribution in [0.5, 0.6) is 5.75 Å². The quantitative estimate of drug-likeness (QED) is 0.279. The number of anilines is 3. The Bertz CT molecular complexity index is 1240.